The zero-order valence-corrected chi connectivity index (χ0v) is 17.5. The Hall–Kier alpha value is -2.69. The highest BCUT2D eigenvalue weighted by Crippen LogP contribution is 2.51. The van der Waals surface area contributed by atoms with E-state index in [1.54, 1.807) is 0 Å². The third-order valence-electron chi connectivity index (χ3n) is 6.51. The summed E-state index contributed by atoms with van der Waals surface area (Å²) < 4.78 is 5.26. The number of carbonyl (C=O) groups is 2. The lowest BCUT2D eigenvalue weighted by Crippen LogP contribution is -2.52. The number of hydrogen-bond donors (Lipinski definition) is 0. The van der Waals surface area contributed by atoms with Crippen LogP contribution in [0.25, 0.3) is 10.9 Å². The fourth-order valence-corrected chi connectivity index (χ4v) is 5.23. The predicted octanol–water partition coefficient (Wildman–Crippen LogP) is 4.42. The van der Waals surface area contributed by atoms with E-state index in [-0.39, 0.29) is 29.8 Å². The molecule has 1 amide bonds. The lowest BCUT2D eigenvalue weighted by Gasteiger charge is -2.44. The normalized spacial score (nSPS) is 26.4. The minimum atomic E-state index is -0.444. The average Bonchev–Trinajstić information content (AvgIpc) is 3.10. The van der Waals surface area contributed by atoms with E-state index in [2.05, 4.69) is 26.0 Å². The fourth-order valence-electron chi connectivity index (χ4n) is 5.23. The molecule has 1 aromatic carbocycles. The van der Waals surface area contributed by atoms with Crippen molar-refractivity contribution in [3.8, 4) is 0 Å². The summed E-state index contributed by atoms with van der Waals surface area (Å²) in [6, 6.07) is 9.70. The Bertz CT molecular complexity index is 997. The molecule has 2 aromatic rings. The number of methoxy groups -OCH3 is 1. The zero-order chi connectivity index (χ0) is 20.7. The third-order valence-corrected chi connectivity index (χ3v) is 6.51. The molecule has 0 N–H and O–H groups in total. The topological polar surface area (TPSA) is 59.5 Å². The zero-order valence-electron chi connectivity index (χ0n) is 17.5. The maximum absolute atomic E-state index is 13.4. The van der Waals surface area contributed by atoms with Gasteiger partial charge in [-0.1, -0.05) is 50.6 Å². The van der Waals surface area contributed by atoms with Crippen LogP contribution in [0, 0.1) is 17.8 Å². The molecule has 4 unspecified atom stereocenters. The fraction of sp³-hybridized carbons (Fsp3) is 0.458. The van der Waals surface area contributed by atoms with E-state index >= 15 is 0 Å². The Morgan fingerprint density at radius 1 is 1.28 bits per heavy atom. The summed E-state index contributed by atoms with van der Waals surface area (Å²) in [5.74, 6) is -1.04. The van der Waals surface area contributed by atoms with E-state index in [9.17, 15) is 9.59 Å². The summed E-state index contributed by atoms with van der Waals surface area (Å²) >= 11 is 0. The Kier molecular flexibility index (Phi) is 5.15. The maximum Gasteiger partial charge on any atom is 0.311 e. The number of benzene rings is 1. The van der Waals surface area contributed by atoms with Gasteiger partial charge in [-0.3, -0.25) is 14.6 Å². The third kappa shape index (κ3) is 3.04. The number of para-hydroxylation sites is 1. The van der Waals surface area contributed by atoms with Gasteiger partial charge in [-0.25, -0.2) is 0 Å². The van der Waals surface area contributed by atoms with Gasteiger partial charge in [0, 0.05) is 23.8 Å². The number of fused-ring (bicyclic) bond motifs is 4. The predicted molar refractivity (Wildman–Crippen MR) is 112 cm³/mol. The number of aromatic nitrogens is 1. The van der Waals surface area contributed by atoms with Gasteiger partial charge in [0.1, 0.15) is 0 Å². The van der Waals surface area contributed by atoms with Crippen molar-refractivity contribution in [2.45, 2.75) is 46.2 Å². The van der Waals surface area contributed by atoms with Crippen molar-refractivity contribution < 1.29 is 14.3 Å². The van der Waals surface area contributed by atoms with Crippen molar-refractivity contribution in [1.29, 1.82) is 0 Å². The van der Waals surface area contributed by atoms with Gasteiger partial charge in [0.05, 0.1) is 30.3 Å². The van der Waals surface area contributed by atoms with Crippen molar-refractivity contribution in [3.63, 3.8) is 0 Å². The number of hydrogen-bond acceptors (Lipinski definition) is 4. The average molecular weight is 392 g/mol. The molecule has 0 radical (unpaired) electrons. The van der Waals surface area contributed by atoms with Crippen molar-refractivity contribution in [3.05, 3.63) is 53.2 Å². The van der Waals surface area contributed by atoms with Gasteiger partial charge in [0.2, 0.25) is 5.91 Å². The smallest absolute Gasteiger partial charge is 0.311 e. The molecule has 2 aliphatic heterocycles. The summed E-state index contributed by atoms with van der Waals surface area (Å²) in [7, 11) is 1.43. The molecule has 0 bridgehead atoms. The van der Waals surface area contributed by atoms with E-state index in [1.165, 1.54) is 7.11 Å². The molecule has 1 fully saturated rings. The van der Waals surface area contributed by atoms with Crippen molar-refractivity contribution in [2.75, 3.05) is 7.11 Å². The Balaban J connectivity index is 1.90. The van der Waals surface area contributed by atoms with Gasteiger partial charge in [0.15, 0.2) is 0 Å². The first-order valence-electron chi connectivity index (χ1n) is 10.5. The van der Waals surface area contributed by atoms with E-state index in [1.807, 2.05) is 36.1 Å². The quantitative estimate of drug-likeness (QED) is 0.571. The van der Waals surface area contributed by atoms with Crippen molar-refractivity contribution in [1.82, 2.24) is 9.88 Å². The van der Waals surface area contributed by atoms with Crippen LogP contribution in [0.2, 0.25) is 0 Å². The first-order chi connectivity index (χ1) is 14.0. The van der Waals surface area contributed by atoms with Crippen LogP contribution in [0.5, 0.6) is 0 Å². The van der Waals surface area contributed by atoms with E-state index < -0.39 is 5.92 Å². The van der Waals surface area contributed by atoms with Gasteiger partial charge in [-0.15, -0.1) is 0 Å². The van der Waals surface area contributed by atoms with E-state index in [4.69, 9.17) is 9.72 Å². The number of esters is 1. The van der Waals surface area contributed by atoms with Gasteiger partial charge >= 0.3 is 5.97 Å². The standard InChI is InChI=1S/C24H28N2O3/c1-5-9-15(6-2)19-14(3)23(27)26-13-17-12-16-10-7-8-11-18(16)25-21(17)22(26)20(19)24(28)29-4/h7-12,14,19-20,22H,5-6,13H2,1-4H3/b15-9+. The molecule has 4 atom stereocenters. The van der Waals surface area contributed by atoms with Crippen molar-refractivity contribution in [2.24, 2.45) is 17.8 Å². The van der Waals surface area contributed by atoms with Gasteiger partial charge in [-0.05, 0) is 30.5 Å². The molecule has 152 valence electrons. The summed E-state index contributed by atoms with van der Waals surface area (Å²) in [6.45, 7) is 6.63. The van der Waals surface area contributed by atoms with Crippen LogP contribution in [0.3, 0.4) is 0 Å². The minimum Gasteiger partial charge on any atom is -0.469 e. The van der Waals surface area contributed by atoms with E-state index in [0.29, 0.717) is 6.54 Å². The molecule has 4 rings (SSSR count). The van der Waals surface area contributed by atoms with Crippen LogP contribution in [0.4, 0.5) is 0 Å². The Labute approximate surface area is 171 Å². The van der Waals surface area contributed by atoms with Crippen LogP contribution in [0.15, 0.2) is 42.0 Å². The largest absolute Gasteiger partial charge is 0.469 e. The van der Waals surface area contributed by atoms with Crippen LogP contribution in [-0.4, -0.2) is 28.9 Å². The summed E-state index contributed by atoms with van der Waals surface area (Å²) in [6.07, 6.45) is 3.86. The number of pyridine rings is 1. The molecule has 0 spiro atoms. The molecule has 0 saturated carbocycles. The number of allylic oxidation sites excluding steroid dienone is 2. The first kappa shape index (κ1) is 19.6. The number of piperidine rings is 1. The summed E-state index contributed by atoms with van der Waals surface area (Å²) in [4.78, 5) is 33.2. The second-order valence-corrected chi connectivity index (χ2v) is 8.04. The number of rotatable bonds is 4. The van der Waals surface area contributed by atoms with Crippen LogP contribution >= 0.6 is 0 Å². The molecule has 5 heteroatoms. The second-order valence-electron chi connectivity index (χ2n) is 8.04. The van der Waals surface area contributed by atoms with Gasteiger partial charge in [0.25, 0.3) is 0 Å². The SMILES string of the molecule is CC/C=C(\CC)C1C(C)C(=O)N2Cc3cc4ccccc4nc3C2C1C(=O)OC. The van der Waals surface area contributed by atoms with Crippen LogP contribution in [-0.2, 0) is 20.9 Å². The lowest BCUT2D eigenvalue weighted by molar-refractivity contribution is -0.161. The molecule has 1 aromatic heterocycles. The molecule has 2 aliphatic rings. The highest BCUT2D eigenvalue weighted by Gasteiger charge is 2.55. The van der Waals surface area contributed by atoms with Crippen LogP contribution < -0.4 is 0 Å². The second kappa shape index (κ2) is 7.62. The molecular weight excluding hydrogens is 364 g/mol. The molecule has 5 nitrogen and oxygen atoms in total. The molecule has 3 heterocycles. The maximum atomic E-state index is 13.4. The van der Waals surface area contributed by atoms with Crippen molar-refractivity contribution >= 4 is 22.8 Å². The monoisotopic (exact) mass is 392 g/mol. The number of carbonyl (C=O) groups excluding carboxylic acids is 2. The Morgan fingerprint density at radius 2 is 2.03 bits per heavy atom. The van der Waals surface area contributed by atoms with Crippen LogP contribution in [0.1, 0.15) is 50.9 Å². The van der Waals surface area contributed by atoms with E-state index in [0.717, 1.165) is 40.6 Å². The number of nitrogens with zero attached hydrogens (tertiary/aromatic N) is 2. The van der Waals surface area contributed by atoms with Gasteiger partial charge < -0.3 is 9.64 Å². The highest BCUT2D eigenvalue weighted by atomic mass is 16.5. The molecule has 1 saturated heterocycles. The first-order valence-corrected chi connectivity index (χ1v) is 10.5. The highest BCUT2D eigenvalue weighted by molar-refractivity contribution is 5.87. The summed E-state index contributed by atoms with van der Waals surface area (Å²) in [5, 5.41) is 1.05. The lowest BCUT2D eigenvalue weighted by atomic mass is 9.69. The van der Waals surface area contributed by atoms with Gasteiger partial charge in [-0.2, -0.15) is 0 Å². The molecular formula is C24H28N2O3. The Morgan fingerprint density at radius 3 is 2.72 bits per heavy atom. The molecule has 0 aliphatic carbocycles. The number of ether oxygens (including phenoxy) is 1. The number of amides is 1. The minimum absolute atomic E-state index is 0.0951. The molecule has 29 heavy (non-hydrogen) atoms. The summed E-state index contributed by atoms with van der Waals surface area (Å²) in [5.41, 5.74) is 3.93.